The maximum absolute atomic E-state index is 13.5. The lowest BCUT2D eigenvalue weighted by Gasteiger charge is -2.08. The highest BCUT2D eigenvalue weighted by Crippen LogP contribution is 2.13. The Morgan fingerprint density at radius 1 is 1.41 bits per heavy atom. The Morgan fingerprint density at radius 2 is 2.12 bits per heavy atom. The molecule has 0 radical (unpaired) electrons. The van der Waals surface area contributed by atoms with Gasteiger partial charge < -0.3 is 10.8 Å². The van der Waals surface area contributed by atoms with Crippen molar-refractivity contribution < 1.29 is 9.50 Å². The van der Waals surface area contributed by atoms with E-state index in [9.17, 15) is 14.3 Å². The minimum absolute atomic E-state index is 0.0206. The van der Waals surface area contributed by atoms with Gasteiger partial charge in [-0.25, -0.2) is 4.39 Å². The van der Waals surface area contributed by atoms with E-state index in [1.165, 1.54) is 18.2 Å². The van der Waals surface area contributed by atoms with Crippen LogP contribution in [0.4, 0.5) is 4.39 Å². The van der Waals surface area contributed by atoms with Gasteiger partial charge in [-0.15, -0.1) is 0 Å². The number of benzene rings is 1. The maximum Gasteiger partial charge on any atom is 0.275 e. The predicted octanol–water partition coefficient (Wildman–Crippen LogP) is 0.536. The molecule has 0 amide bonds. The highest BCUT2D eigenvalue weighted by atomic mass is 19.1. The Labute approximate surface area is 95.9 Å². The van der Waals surface area contributed by atoms with Crippen LogP contribution < -0.4 is 11.3 Å². The molecule has 0 aliphatic carbocycles. The smallest absolute Gasteiger partial charge is 0.275 e. The average Bonchev–Trinajstić information content (AvgIpc) is 2.31. The topological polar surface area (TPSA) is 81.1 Å². The van der Waals surface area contributed by atoms with Crippen molar-refractivity contribution in [2.24, 2.45) is 5.73 Å². The molecule has 0 atom stereocenters. The number of aromatic hydroxyl groups is 1. The highest BCUT2D eigenvalue weighted by molar-refractivity contribution is 5.34. The van der Waals surface area contributed by atoms with Crippen LogP contribution in [0.3, 0.4) is 0 Å². The summed E-state index contributed by atoms with van der Waals surface area (Å²) in [5.74, 6) is -0.860. The summed E-state index contributed by atoms with van der Waals surface area (Å²) in [5.41, 5.74) is 4.89. The highest BCUT2D eigenvalue weighted by Gasteiger charge is 2.10. The van der Waals surface area contributed by atoms with E-state index in [0.29, 0.717) is 0 Å². The van der Waals surface area contributed by atoms with Gasteiger partial charge in [0, 0.05) is 12.6 Å². The number of aromatic nitrogens is 2. The number of hydrogen-bond donors (Lipinski definition) is 2. The molecule has 0 spiro atoms. The lowest BCUT2D eigenvalue weighted by molar-refractivity contribution is 0.456. The van der Waals surface area contributed by atoms with Crippen molar-refractivity contribution >= 4 is 0 Å². The van der Waals surface area contributed by atoms with Gasteiger partial charge in [0.15, 0.2) is 0 Å². The van der Waals surface area contributed by atoms with E-state index in [1.807, 2.05) is 0 Å². The molecule has 0 bridgehead atoms. The molecule has 88 valence electrons. The van der Waals surface area contributed by atoms with Gasteiger partial charge in [0.25, 0.3) is 5.56 Å². The number of hydrogen-bond acceptors (Lipinski definition) is 4. The van der Waals surface area contributed by atoms with Gasteiger partial charge >= 0.3 is 0 Å². The molecule has 3 N–H and O–H groups in total. The van der Waals surface area contributed by atoms with Crippen LogP contribution in [0, 0.1) is 5.82 Å². The Kier molecular flexibility index (Phi) is 2.88. The first kappa shape index (κ1) is 11.3. The third-order valence-corrected chi connectivity index (χ3v) is 2.26. The molecule has 1 aromatic heterocycles. The van der Waals surface area contributed by atoms with Crippen molar-refractivity contribution in [3.63, 3.8) is 0 Å². The van der Waals surface area contributed by atoms with Gasteiger partial charge in [0.1, 0.15) is 22.9 Å². The third-order valence-electron chi connectivity index (χ3n) is 2.26. The van der Waals surface area contributed by atoms with E-state index >= 15 is 0 Å². The Hall–Kier alpha value is -2.21. The molecular formula is C11H10FN3O2. The minimum atomic E-state index is -0.621. The standard InChI is InChI=1S/C11H10FN3O2/c12-7-3-1-2-4-9(7)15-11(17)5-10(16)8(6-13)14-15/h1-5,16H,6,13H2. The van der Waals surface area contributed by atoms with E-state index in [-0.39, 0.29) is 23.7 Å². The lowest BCUT2D eigenvalue weighted by Crippen LogP contribution is -2.23. The van der Waals surface area contributed by atoms with Crippen LogP contribution in [-0.2, 0) is 6.54 Å². The summed E-state index contributed by atoms with van der Waals surface area (Å²) in [5, 5.41) is 13.2. The molecule has 1 heterocycles. The quantitative estimate of drug-likeness (QED) is 0.795. The summed E-state index contributed by atoms with van der Waals surface area (Å²) in [6.45, 7) is -0.0411. The van der Waals surface area contributed by atoms with Crippen LogP contribution in [0.25, 0.3) is 5.69 Å². The van der Waals surface area contributed by atoms with Crippen LogP contribution >= 0.6 is 0 Å². The van der Waals surface area contributed by atoms with E-state index in [1.54, 1.807) is 6.07 Å². The fourth-order valence-electron chi connectivity index (χ4n) is 1.42. The zero-order chi connectivity index (χ0) is 12.4. The number of para-hydroxylation sites is 1. The van der Waals surface area contributed by atoms with Crippen LogP contribution in [0.2, 0.25) is 0 Å². The van der Waals surface area contributed by atoms with Crippen LogP contribution in [-0.4, -0.2) is 14.9 Å². The fourth-order valence-corrected chi connectivity index (χ4v) is 1.42. The van der Waals surface area contributed by atoms with Gasteiger partial charge in [0.2, 0.25) is 0 Å². The van der Waals surface area contributed by atoms with Gasteiger partial charge in [-0.1, -0.05) is 12.1 Å². The molecule has 17 heavy (non-hydrogen) atoms. The van der Waals surface area contributed by atoms with Crippen molar-refractivity contribution in [1.82, 2.24) is 9.78 Å². The van der Waals surface area contributed by atoms with Gasteiger partial charge in [-0.2, -0.15) is 9.78 Å². The van der Waals surface area contributed by atoms with E-state index in [0.717, 1.165) is 10.7 Å². The molecule has 0 aliphatic rings. The van der Waals surface area contributed by atoms with Crippen molar-refractivity contribution in [2.45, 2.75) is 6.54 Å². The number of nitrogens with zero attached hydrogens (tertiary/aromatic N) is 2. The first-order valence-corrected chi connectivity index (χ1v) is 4.90. The molecule has 0 fully saturated rings. The second kappa shape index (κ2) is 4.34. The predicted molar refractivity (Wildman–Crippen MR) is 59.3 cm³/mol. The summed E-state index contributed by atoms with van der Waals surface area (Å²) >= 11 is 0. The summed E-state index contributed by atoms with van der Waals surface area (Å²) in [6.07, 6.45) is 0. The number of nitrogens with two attached hydrogens (primary N) is 1. The molecule has 0 aliphatic heterocycles. The van der Waals surface area contributed by atoms with Crippen LogP contribution in [0.1, 0.15) is 5.69 Å². The molecule has 0 unspecified atom stereocenters. The molecule has 2 rings (SSSR count). The molecule has 6 heteroatoms. The van der Waals surface area contributed by atoms with E-state index in [2.05, 4.69) is 5.10 Å². The summed E-state index contributed by atoms with van der Waals surface area (Å²) in [6, 6.07) is 6.69. The minimum Gasteiger partial charge on any atom is -0.506 e. The lowest BCUT2D eigenvalue weighted by atomic mass is 10.3. The second-order valence-electron chi connectivity index (χ2n) is 3.38. The van der Waals surface area contributed by atoms with Crippen molar-refractivity contribution in [3.8, 4) is 11.4 Å². The van der Waals surface area contributed by atoms with Gasteiger partial charge in [-0.3, -0.25) is 4.79 Å². The fraction of sp³-hybridized carbons (Fsp3) is 0.0909. The first-order chi connectivity index (χ1) is 8.13. The molecule has 0 saturated carbocycles. The maximum atomic E-state index is 13.5. The Balaban J connectivity index is 2.68. The Bertz CT molecular complexity index is 610. The summed E-state index contributed by atoms with van der Waals surface area (Å²) in [7, 11) is 0. The SMILES string of the molecule is NCc1nn(-c2ccccc2F)c(=O)cc1O. The average molecular weight is 235 g/mol. The van der Waals surface area contributed by atoms with Crippen molar-refractivity contribution in [2.75, 3.05) is 0 Å². The number of halogens is 1. The molecule has 0 saturated heterocycles. The number of rotatable bonds is 2. The third kappa shape index (κ3) is 2.02. The van der Waals surface area contributed by atoms with Crippen LogP contribution in [0.15, 0.2) is 35.1 Å². The zero-order valence-corrected chi connectivity index (χ0v) is 8.80. The Morgan fingerprint density at radius 3 is 2.76 bits per heavy atom. The van der Waals surface area contributed by atoms with Crippen molar-refractivity contribution in [3.05, 3.63) is 52.2 Å². The molecule has 1 aromatic carbocycles. The monoisotopic (exact) mass is 235 g/mol. The van der Waals surface area contributed by atoms with Gasteiger partial charge in [-0.05, 0) is 12.1 Å². The van der Waals surface area contributed by atoms with E-state index in [4.69, 9.17) is 5.73 Å². The largest absolute Gasteiger partial charge is 0.506 e. The summed E-state index contributed by atoms with van der Waals surface area (Å²) < 4.78 is 14.4. The first-order valence-electron chi connectivity index (χ1n) is 4.90. The van der Waals surface area contributed by atoms with E-state index < -0.39 is 11.4 Å². The second-order valence-corrected chi connectivity index (χ2v) is 3.38. The zero-order valence-electron chi connectivity index (χ0n) is 8.80. The summed E-state index contributed by atoms with van der Waals surface area (Å²) in [4.78, 5) is 11.6. The van der Waals surface area contributed by atoms with Gasteiger partial charge in [0.05, 0.1) is 0 Å². The molecular weight excluding hydrogens is 225 g/mol. The van der Waals surface area contributed by atoms with Crippen LogP contribution in [0.5, 0.6) is 5.75 Å². The molecule has 2 aromatic rings. The normalized spacial score (nSPS) is 10.5. The van der Waals surface area contributed by atoms with Crippen molar-refractivity contribution in [1.29, 1.82) is 0 Å². The molecule has 5 nitrogen and oxygen atoms in total.